The van der Waals surface area contributed by atoms with Crippen LogP contribution in [0.3, 0.4) is 0 Å². The molecule has 0 bridgehead atoms. The van der Waals surface area contributed by atoms with E-state index in [1.165, 1.54) is 6.42 Å². The molecular weight excluding hydrogens is 202 g/mol. The molecule has 1 aliphatic carbocycles. The van der Waals surface area contributed by atoms with Crippen LogP contribution in [0.5, 0.6) is 0 Å². The van der Waals surface area contributed by atoms with Crippen molar-refractivity contribution in [1.82, 2.24) is 9.97 Å². The smallest absolute Gasteiger partial charge is 0.145 e. The first kappa shape index (κ1) is 11.1. The van der Waals surface area contributed by atoms with Gasteiger partial charge in [0.2, 0.25) is 0 Å². The SMILES string of the molecule is CCc1nc(NN)cc(NCC2CC2C)n1. The maximum absolute atomic E-state index is 5.36. The Morgan fingerprint density at radius 2 is 2.12 bits per heavy atom. The van der Waals surface area contributed by atoms with Crippen LogP contribution in [0.15, 0.2) is 6.07 Å². The maximum atomic E-state index is 5.36. The van der Waals surface area contributed by atoms with Gasteiger partial charge in [-0.2, -0.15) is 0 Å². The first-order valence-corrected chi connectivity index (χ1v) is 5.81. The zero-order valence-electron chi connectivity index (χ0n) is 9.83. The zero-order chi connectivity index (χ0) is 11.5. The first-order chi connectivity index (χ1) is 7.72. The van der Waals surface area contributed by atoms with Crippen LogP contribution in [0.2, 0.25) is 0 Å². The van der Waals surface area contributed by atoms with E-state index in [1.807, 2.05) is 13.0 Å². The Morgan fingerprint density at radius 3 is 2.69 bits per heavy atom. The van der Waals surface area contributed by atoms with Gasteiger partial charge in [0.25, 0.3) is 0 Å². The molecule has 2 unspecified atom stereocenters. The quantitative estimate of drug-likeness (QED) is 0.517. The van der Waals surface area contributed by atoms with Crippen LogP contribution >= 0.6 is 0 Å². The summed E-state index contributed by atoms with van der Waals surface area (Å²) in [4.78, 5) is 8.65. The topological polar surface area (TPSA) is 75.9 Å². The van der Waals surface area contributed by atoms with Crippen molar-refractivity contribution in [2.75, 3.05) is 17.3 Å². The summed E-state index contributed by atoms with van der Waals surface area (Å²) in [7, 11) is 0. The van der Waals surface area contributed by atoms with Crippen molar-refractivity contribution in [1.29, 1.82) is 0 Å². The van der Waals surface area contributed by atoms with Crippen molar-refractivity contribution in [3.63, 3.8) is 0 Å². The predicted octanol–water partition coefficient (Wildman–Crippen LogP) is 1.39. The standard InChI is InChI=1S/C11H19N5/c1-3-9-14-10(5-11(15-9)16-12)13-6-8-4-7(8)2/h5,7-8H,3-4,6,12H2,1-2H3,(H2,13,14,15,16). The summed E-state index contributed by atoms with van der Waals surface area (Å²) in [6.07, 6.45) is 2.13. The van der Waals surface area contributed by atoms with E-state index in [1.54, 1.807) is 0 Å². The van der Waals surface area contributed by atoms with E-state index in [0.717, 1.165) is 36.4 Å². The summed E-state index contributed by atoms with van der Waals surface area (Å²) in [6, 6.07) is 1.84. The number of nitrogen functional groups attached to an aromatic ring is 1. The van der Waals surface area contributed by atoms with Gasteiger partial charge in [-0.25, -0.2) is 15.8 Å². The highest BCUT2D eigenvalue weighted by atomic mass is 15.3. The highest BCUT2D eigenvalue weighted by molar-refractivity contribution is 5.46. The second kappa shape index (κ2) is 4.65. The lowest BCUT2D eigenvalue weighted by Gasteiger charge is -2.08. The van der Waals surface area contributed by atoms with Gasteiger partial charge in [-0.05, 0) is 18.3 Å². The second-order valence-electron chi connectivity index (χ2n) is 4.41. The van der Waals surface area contributed by atoms with Crippen LogP contribution in [0.4, 0.5) is 11.6 Å². The predicted molar refractivity (Wildman–Crippen MR) is 65.0 cm³/mol. The molecule has 1 aromatic heterocycles. The molecule has 1 aliphatic rings. The van der Waals surface area contributed by atoms with Crippen molar-refractivity contribution in [2.45, 2.75) is 26.7 Å². The Balaban J connectivity index is 2.01. The minimum atomic E-state index is 0.665. The lowest BCUT2D eigenvalue weighted by Crippen LogP contribution is -2.13. The molecule has 2 rings (SSSR count). The number of aromatic nitrogens is 2. The lowest BCUT2D eigenvalue weighted by molar-refractivity contribution is 0.782. The fourth-order valence-corrected chi connectivity index (χ4v) is 1.74. The minimum Gasteiger partial charge on any atom is -0.370 e. The number of aryl methyl sites for hydroxylation is 1. The summed E-state index contributed by atoms with van der Waals surface area (Å²) in [6.45, 7) is 5.30. The van der Waals surface area contributed by atoms with Gasteiger partial charge in [-0.1, -0.05) is 13.8 Å². The van der Waals surface area contributed by atoms with Crippen LogP contribution in [0, 0.1) is 11.8 Å². The number of nitrogens with two attached hydrogens (primary N) is 1. The van der Waals surface area contributed by atoms with Gasteiger partial charge in [-0.15, -0.1) is 0 Å². The van der Waals surface area contributed by atoms with E-state index in [0.29, 0.717) is 5.82 Å². The average molecular weight is 221 g/mol. The Morgan fingerprint density at radius 1 is 1.44 bits per heavy atom. The second-order valence-corrected chi connectivity index (χ2v) is 4.41. The van der Waals surface area contributed by atoms with E-state index in [-0.39, 0.29) is 0 Å². The summed E-state index contributed by atoms with van der Waals surface area (Å²) in [5.41, 5.74) is 2.56. The largest absolute Gasteiger partial charge is 0.370 e. The molecule has 0 aromatic carbocycles. The van der Waals surface area contributed by atoms with Crippen LogP contribution in [-0.2, 0) is 6.42 Å². The highest BCUT2D eigenvalue weighted by Crippen LogP contribution is 2.37. The van der Waals surface area contributed by atoms with Crippen LogP contribution in [0.25, 0.3) is 0 Å². The molecule has 88 valence electrons. The minimum absolute atomic E-state index is 0.665. The molecule has 0 radical (unpaired) electrons. The van der Waals surface area contributed by atoms with Crippen LogP contribution in [-0.4, -0.2) is 16.5 Å². The lowest BCUT2D eigenvalue weighted by atomic mass is 10.3. The molecule has 16 heavy (non-hydrogen) atoms. The third-order valence-corrected chi connectivity index (χ3v) is 3.06. The van der Waals surface area contributed by atoms with Crippen molar-refractivity contribution in [3.05, 3.63) is 11.9 Å². The van der Waals surface area contributed by atoms with Crippen molar-refractivity contribution >= 4 is 11.6 Å². The number of hydrazine groups is 1. The van der Waals surface area contributed by atoms with Gasteiger partial charge in [-0.3, -0.25) is 0 Å². The summed E-state index contributed by atoms with van der Waals surface area (Å²) < 4.78 is 0. The fraction of sp³-hybridized carbons (Fsp3) is 0.636. The van der Waals surface area contributed by atoms with Crippen molar-refractivity contribution in [2.24, 2.45) is 17.7 Å². The molecular formula is C11H19N5. The van der Waals surface area contributed by atoms with E-state index in [4.69, 9.17) is 5.84 Å². The van der Waals surface area contributed by atoms with Gasteiger partial charge in [0.15, 0.2) is 0 Å². The third kappa shape index (κ3) is 2.61. The molecule has 1 saturated carbocycles. The molecule has 5 nitrogen and oxygen atoms in total. The summed E-state index contributed by atoms with van der Waals surface area (Å²) in [5, 5.41) is 3.34. The molecule has 0 aliphatic heterocycles. The van der Waals surface area contributed by atoms with Gasteiger partial charge in [0.1, 0.15) is 17.5 Å². The van der Waals surface area contributed by atoms with Gasteiger partial charge in [0.05, 0.1) is 0 Å². The Labute approximate surface area is 95.8 Å². The monoisotopic (exact) mass is 221 g/mol. The summed E-state index contributed by atoms with van der Waals surface area (Å²) in [5.74, 6) is 9.35. The number of hydrogen-bond acceptors (Lipinski definition) is 5. The van der Waals surface area contributed by atoms with E-state index in [2.05, 4.69) is 27.6 Å². The molecule has 0 saturated heterocycles. The molecule has 4 N–H and O–H groups in total. The Kier molecular flexibility index (Phi) is 3.24. The van der Waals surface area contributed by atoms with Crippen LogP contribution in [0.1, 0.15) is 26.1 Å². The molecule has 1 fully saturated rings. The fourth-order valence-electron chi connectivity index (χ4n) is 1.74. The number of rotatable bonds is 5. The normalized spacial score (nSPS) is 22.9. The molecule has 2 atom stereocenters. The highest BCUT2D eigenvalue weighted by Gasteiger charge is 2.31. The molecule has 0 spiro atoms. The number of anilines is 2. The van der Waals surface area contributed by atoms with Gasteiger partial charge < -0.3 is 10.7 Å². The molecule has 1 heterocycles. The molecule has 1 aromatic rings. The number of nitrogens with zero attached hydrogens (tertiary/aromatic N) is 2. The average Bonchev–Trinajstić information content (AvgIpc) is 3.02. The molecule has 5 heteroatoms. The number of nitrogens with one attached hydrogen (secondary N) is 2. The van der Waals surface area contributed by atoms with E-state index >= 15 is 0 Å². The maximum Gasteiger partial charge on any atom is 0.145 e. The zero-order valence-corrected chi connectivity index (χ0v) is 9.83. The van der Waals surface area contributed by atoms with Crippen molar-refractivity contribution in [3.8, 4) is 0 Å². The Hall–Kier alpha value is -1.36. The van der Waals surface area contributed by atoms with Crippen LogP contribution < -0.4 is 16.6 Å². The first-order valence-electron chi connectivity index (χ1n) is 5.81. The Bertz CT molecular complexity index is 343. The van der Waals surface area contributed by atoms with E-state index < -0.39 is 0 Å². The van der Waals surface area contributed by atoms with Gasteiger partial charge in [0, 0.05) is 19.0 Å². The number of hydrogen-bond donors (Lipinski definition) is 3. The van der Waals surface area contributed by atoms with Crippen molar-refractivity contribution < 1.29 is 0 Å². The molecule has 0 amide bonds. The summed E-state index contributed by atoms with van der Waals surface area (Å²) >= 11 is 0. The van der Waals surface area contributed by atoms with Gasteiger partial charge >= 0.3 is 0 Å². The van der Waals surface area contributed by atoms with E-state index in [9.17, 15) is 0 Å². The third-order valence-electron chi connectivity index (χ3n) is 3.06.